The second-order valence-corrected chi connectivity index (χ2v) is 22.3. The van der Waals surface area contributed by atoms with E-state index in [0.717, 1.165) is 25.7 Å². The van der Waals surface area contributed by atoms with Crippen molar-refractivity contribution in [2.45, 2.75) is 95.9 Å². The number of halogens is 2. The van der Waals surface area contributed by atoms with Crippen LogP contribution in [0.1, 0.15) is 72.8 Å². The van der Waals surface area contributed by atoms with E-state index in [0.29, 0.717) is 69.5 Å². The summed E-state index contributed by atoms with van der Waals surface area (Å²) in [4.78, 5) is 29.9. The molecule has 3 aliphatic rings. The molecule has 3 N–H and O–H groups in total. The monoisotopic (exact) mass is 786 g/mol. The number of hydrogen-bond donors (Lipinski definition) is 3. The number of anilines is 2. The number of carbonyl (C=O) groups is 1. The number of carboxylic acid groups (broad SMARTS) is 1. The fourth-order valence-electron chi connectivity index (χ4n) is 9.31. The smallest absolute Gasteiger partial charge is 0.407 e. The van der Waals surface area contributed by atoms with Crippen LogP contribution >= 0.6 is 0 Å². The van der Waals surface area contributed by atoms with Gasteiger partial charge in [-0.05, 0) is 65.9 Å². The highest BCUT2D eigenvalue weighted by molar-refractivity contribution is 6.90. The lowest BCUT2D eigenvalue weighted by atomic mass is 9.95. The number of aliphatic hydroxyl groups excluding tert-OH is 1. The third-order valence-corrected chi connectivity index (χ3v) is 18.8. The Labute approximate surface area is 327 Å². The Hall–Kier alpha value is -4.58. The van der Waals surface area contributed by atoms with E-state index in [1.54, 1.807) is 24.4 Å². The van der Waals surface area contributed by atoms with Gasteiger partial charge in [0.1, 0.15) is 36.7 Å². The third kappa shape index (κ3) is 7.02. The zero-order valence-corrected chi connectivity index (χ0v) is 34.2. The lowest BCUT2D eigenvalue weighted by molar-refractivity contribution is 0.0512. The summed E-state index contributed by atoms with van der Waals surface area (Å²) >= 11 is 0. The number of methoxy groups -OCH3 is 1. The Morgan fingerprint density at radius 1 is 1.05 bits per heavy atom. The summed E-state index contributed by atoms with van der Waals surface area (Å²) in [6, 6.07) is 5.97. The highest BCUT2D eigenvalue weighted by Crippen LogP contribution is 2.46. The number of aromatic nitrogens is 3. The summed E-state index contributed by atoms with van der Waals surface area (Å²) in [5.41, 5.74) is 4.73. The van der Waals surface area contributed by atoms with Crippen molar-refractivity contribution >= 4 is 47.6 Å². The molecule has 3 fully saturated rings. The zero-order valence-electron chi connectivity index (χ0n) is 33.2. The molecule has 2 saturated heterocycles. The Morgan fingerprint density at radius 3 is 2.32 bits per heavy atom. The van der Waals surface area contributed by atoms with Gasteiger partial charge in [0.2, 0.25) is 5.95 Å². The lowest BCUT2D eigenvalue weighted by Gasteiger charge is -2.40. The molecule has 0 radical (unpaired) electrons. The number of aliphatic hydroxyl groups is 1. The van der Waals surface area contributed by atoms with Gasteiger partial charge in [0.15, 0.2) is 12.6 Å². The van der Waals surface area contributed by atoms with Crippen LogP contribution in [-0.4, -0.2) is 96.5 Å². The molecule has 14 heteroatoms. The van der Waals surface area contributed by atoms with Gasteiger partial charge in [-0.1, -0.05) is 53.5 Å². The molecular formula is C42H52F2N6O5Si. The largest absolute Gasteiger partial charge is 0.468 e. The fraction of sp³-hybridized carbons (Fsp3) is 0.524. The molecule has 2 atom stereocenters. The Kier molecular flexibility index (Phi) is 10.9. The molecule has 0 spiro atoms. The van der Waals surface area contributed by atoms with Gasteiger partial charge in [-0.2, -0.15) is 4.98 Å². The van der Waals surface area contributed by atoms with E-state index in [-0.39, 0.29) is 53.6 Å². The highest BCUT2D eigenvalue weighted by Gasteiger charge is 2.45. The number of nitrogens with zero attached hydrogens (tertiary/aromatic N) is 5. The second kappa shape index (κ2) is 15.4. The van der Waals surface area contributed by atoms with Crippen LogP contribution in [0.5, 0.6) is 5.75 Å². The van der Waals surface area contributed by atoms with E-state index >= 15 is 8.78 Å². The van der Waals surface area contributed by atoms with E-state index in [1.165, 1.54) is 18.1 Å². The number of fused-ring (bicyclic) bond motifs is 4. The Balaban J connectivity index is 1.43. The molecule has 1 aliphatic carbocycles. The molecule has 2 aromatic carbocycles. The average molecular weight is 787 g/mol. The van der Waals surface area contributed by atoms with Crippen molar-refractivity contribution in [3.05, 3.63) is 47.7 Å². The van der Waals surface area contributed by atoms with Crippen molar-refractivity contribution in [3.63, 3.8) is 0 Å². The summed E-state index contributed by atoms with van der Waals surface area (Å²) in [5.74, 6) is 3.09. The van der Waals surface area contributed by atoms with E-state index in [9.17, 15) is 15.0 Å². The molecule has 2 bridgehead atoms. The lowest BCUT2D eigenvalue weighted by Crippen LogP contribution is -2.55. The van der Waals surface area contributed by atoms with E-state index in [2.05, 4.69) is 58.3 Å². The number of pyridine rings is 1. The highest BCUT2D eigenvalue weighted by atomic mass is 28.3. The van der Waals surface area contributed by atoms with Gasteiger partial charge in [0, 0.05) is 49.3 Å². The first-order valence-corrected chi connectivity index (χ1v) is 21.9. The Bertz CT molecular complexity index is 2190. The quantitative estimate of drug-likeness (QED) is 0.0734. The summed E-state index contributed by atoms with van der Waals surface area (Å²) < 4.78 is 44.7. The number of hydrogen-bond acceptors (Lipinski definition) is 9. The first kappa shape index (κ1) is 39.6. The number of amides is 1. The van der Waals surface area contributed by atoms with Gasteiger partial charge in [0.05, 0.1) is 29.6 Å². The minimum absolute atomic E-state index is 0.00876. The van der Waals surface area contributed by atoms with Gasteiger partial charge >= 0.3 is 6.09 Å². The van der Waals surface area contributed by atoms with Crippen LogP contribution in [0.4, 0.5) is 25.3 Å². The van der Waals surface area contributed by atoms with E-state index < -0.39 is 25.8 Å². The summed E-state index contributed by atoms with van der Waals surface area (Å²) in [5, 5.41) is 24.6. The maximum atomic E-state index is 17.5. The number of nitrogens with one attached hydrogen (secondary N) is 1. The minimum Gasteiger partial charge on any atom is -0.468 e. The SMILES string of the molecule is COCOc1cc(-c2ncc3c(N4CC5CCC(C4)N5C(=O)O)nc(NCC4(CO)CC4)nc3c2F)c2c(C#C[Si](C(C)C)(C(C)C)C(C)C)c(F)ccc2c1. The topological polar surface area (TPSA) is 133 Å². The molecule has 298 valence electrons. The summed E-state index contributed by atoms with van der Waals surface area (Å²) in [6.45, 7) is 14.3. The van der Waals surface area contributed by atoms with Crippen LogP contribution in [0.2, 0.25) is 16.6 Å². The maximum Gasteiger partial charge on any atom is 0.407 e. The van der Waals surface area contributed by atoms with Gasteiger partial charge in [-0.3, -0.25) is 9.88 Å². The van der Waals surface area contributed by atoms with Crippen molar-refractivity contribution in [1.82, 2.24) is 19.9 Å². The molecule has 7 rings (SSSR count). The zero-order chi connectivity index (χ0) is 40.1. The van der Waals surface area contributed by atoms with Crippen molar-refractivity contribution in [3.8, 4) is 28.5 Å². The summed E-state index contributed by atoms with van der Waals surface area (Å²) in [6.07, 6.45) is 3.75. The minimum atomic E-state index is -2.30. The van der Waals surface area contributed by atoms with Crippen molar-refractivity contribution < 1.29 is 33.3 Å². The number of benzene rings is 2. The molecule has 1 amide bonds. The number of ether oxygens (including phenoxy) is 2. The van der Waals surface area contributed by atoms with Crippen LogP contribution in [0, 0.1) is 28.5 Å². The molecule has 4 aromatic rings. The van der Waals surface area contributed by atoms with Crippen LogP contribution < -0.4 is 15.0 Å². The maximum absolute atomic E-state index is 17.5. The van der Waals surface area contributed by atoms with Gasteiger partial charge in [-0.15, -0.1) is 5.54 Å². The summed E-state index contributed by atoms with van der Waals surface area (Å²) in [7, 11) is -0.791. The molecule has 1 saturated carbocycles. The van der Waals surface area contributed by atoms with Gasteiger partial charge in [0.25, 0.3) is 0 Å². The molecular weight excluding hydrogens is 735 g/mol. The van der Waals surface area contributed by atoms with Crippen LogP contribution in [0.3, 0.4) is 0 Å². The predicted octanol–water partition coefficient (Wildman–Crippen LogP) is 8.19. The van der Waals surface area contributed by atoms with Crippen LogP contribution in [0.15, 0.2) is 30.5 Å². The number of piperazine rings is 1. The van der Waals surface area contributed by atoms with E-state index in [1.807, 2.05) is 4.90 Å². The average Bonchev–Trinajstić information content (AvgIpc) is 3.90. The third-order valence-electron chi connectivity index (χ3n) is 12.5. The standard InChI is InChI=1S/C42H52F2N6O5Si/c1-24(2)56(25(3)4,26(5)6)15-12-31-34(43)11-8-27-16-30(55-23-54-7)17-32(35(27)31)37-36(44)38-33(18-45-37)39(48-40(47-38)46-21-42(22-51)13-14-42)49-19-28-9-10-29(20-49)50(28)41(52)53/h8,11,16-18,24-26,28-29,51H,9-10,13-14,19-23H2,1-7H3,(H,52,53)(H,46,47,48). The first-order valence-electron chi connectivity index (χ1n) is 19.6. The predicted molar refractivity (Wildman–Crippen MR) is 217 cm³/mol. The fourth-order valence-corrected chi connectivity index (χ4v) is 14.5. The van der Waals surface area contributed by atoms with Crippen molar-refractivity contribution in [2.75, 3.05) is 50.4 Å². The first-order chi connectivity index (χ1) is 26.7. The molecule has 11 nitrogen and oxygen atoms in total. The Morgan fingerprint density at radius 2 is 1.73 bits per heavy atom. The van der Waals surface area contributed by atoms with Crippen molar-refractivity contribution in [1.29, 1.82) is 0 Å². The van der Waals surface area contributed by atoms with Crippen LogP contribution in [0.25, 0.3) is 32.9 Å². The molecule has 4 heterocycles. The van der Waals surface area contributed by atoms with Crippen molar-refractivity contribution in [2.24, 2.45) is 5.41 Å². The molecule has 56 heavy (non-hydrogen) atoms. The molecule has 2 aliphatic heterocycles. The van der Waals surface area contributed by atoms with Gasteiger partial charge in [-0.25, -0.2) is 18.6 Å². The normalized spacial score (nSPS) is 18.9. The second-order valence-electron chi connectivity index (χ2n) is 16.7. The molecule has 2 aromatic heterocycles. The molecule has 2 unspecified atom stereocenters. The van der Waals surface area contributed by atoms with Crippen LogP contribution in [-0.2, 0) is 4.74 Å². The number of rotatable bonds is 12. The van der Waals surface area contributed by atoms with E-state index in [4.69, 9.17) is 24.4 Å². The van der Waals surface area contributed by atoms with Gasteiger partial charge < -0.3 is 29.9 Å².